The third kappa shape index (κ3) is 7.21. The molecule has 2 aromatic rings. The lowest BCUT2D eigenvalue weighted by Crippen LogP contribution is -2.36. The van der Waals surface area contributed by atoms with Gasteiger partial charge in [-0.05, 0) is 58.7 Å². The first-order valence-corrected chi connectivity index (χ1v) is 9.38. The number of carbonyl (C=O) groups is 3. The molecule has 0 saturated heterocycles. The van der Waals surface area contributed by atoms with Crippen molar-refractivity contribution in [1.82, 2.24) is 5.32 Å². The molecule has 9 heteroatoms. The molecule has 0 radical (unpaired) electrons. The lowest BCUT2D eigenvalue weighted by atomic mass is 10.2. The van der Waals surface area contributed by atoms with Crippen molar-refractivity contribution in [2.24, 2.45) is 0 Å². The van der Waals surface area contributed by atoms with Gasteiger partial charge in [0.25, 0.3) is 5.91 Å². The third-order valence-electron chi connectivity index (χ3n) is 3.44. The standard InChI is InChI=1S/C19H18BrClN2O5/c1-12-8-13(6-7-15(12)21)27-11-19(26)28-10-18(25)22-9-17(24)23-16-5-3-2-4-14(16)20/h2-8H,9-11H2,1H3,(H,22,25)(H,23,24). The molecule has 0 aliphatic rings. The molecular formula is C19H18BrClN2O5. The summed E-state index contributed by atoms with van der Waals surface area (Å²) in [5, 5.41) is 5.60. The van der Waals surface area contributed by atoms with E-state index in [9.17, 15) is 14.4 Å². The maximum Gasteiger partial charge on any atom is 0.344 e. The maximum atomic E-state index is 11.8. The van der Waals surface area contributed by atoms with Crippen molar-refractivity contribution in [3.8, 4) is 5.75 Å². The van der Waals surface area contributed by atoms with Crippen molar-refractivity contribution in [2.75, 3.05) is 25.1 Å². The van der Waals surface area contributed by atoms with Crippen molar-refractivity contribution in [2.45, 2.75) is 6.92 Å². The molecule has 0 heterocycles. The van der Waals surface area contributed by atoms with Crippen LogP contribution in [0, 0.1) is 6.92 Å². The molecular weight excluding hydrogens is 452 g/mol. The Kier molecular flexibility index (Phi) is 8.28. The molecule has 0 bridgehead atoms. The topological polar surface area (TPSA) is 93.7 Å². The Morgan fingerprint density at radius 1 is 1.07 bits per heavy atom. The van der Waals surface area contributed by atoms with E-state index in [1.165, 1.54) is 0 Å². The molecule has 2 aromatic carbocycles. The number of rotatable bonds is 8. The minimum absolute atomic E-state index is 0.252. The minimum Gasteiger partial charge on any atom is -0.482 e. The molecule has 148 valence electrons. The van der Waals surface area contributed by atoms with E-state index in [0.29, 0.717) is 16.5 Å². The third-order valence-corrected chi connectivity index (χ3v) is 4.56. The van der Waals surface area contributed by atoms with Gasteiger partial charge in [0.2, 0.25) is 5.91 Å². The smallest absolute Gasteiger partial charge is 0.344 e. The molecule has 0 saturated carbocycles. The molecule has 28 heavy (non-hydrogen) atoms. The van der Waals surface area contributed by atoms with Crippen LogP contribution in [0.25, 0.3) is 0 Å². The van der Waals surface area contributed by atoms with Gasteiger partial charge in [-0.15, -0.1) is 0 Å². The highest BCUT2D eigenvalue weighted by molar-refractivity contribution is 9.10. The second-order valence-electron chi connectivity index (χ2n) is 5.67. The van der Waals surface area contributed by atoms with Gasteiger partial charge in [-0.25, -0.2) is 4.79 Å². The summed E-state index contributed by atoms with van der Waals surface area (Å²) in [5.41, 5.74) is 1.40. The number of anilines is 1. The second-order valence-corrected chi connectivity index (χ2v) is 6.93. The Balaban J connectivity index is 1.66. The van der Waals surface area contributed by atoms with E-state index in [2.05, 4.69) is 26.6 Å². The summed E-state index contributed by atoms with van der Waals surface area (Å²) in [6.07, 6.45) is 0. The molecule has 2 rings (SSSR count). The molecule has 0 unspecified atom stereocenters. The summed E-state index contributed by atoms with van der Waals surface area (Å²) < 4.78 is 10.8. The number of ether oxygens (including phenoxy) is 2. The fourth-order valence-corrected chi connectivity index (χ4v) is 2.53. The molecule has 0 fully saturated rings. The van der Waals surface area contributed by atoms with Crippen molar-refractivity contribution in [3.05, 3.63) is 57.5 Å². The number of carbonyl (C=O) groups excluding carboxylic acids is 3. The maximum absolute atomic E-state index is 11.8. The van der Waals surface area contributed by atoms with E-state index in [1.807, 2.05) is 13.0 Å². The van der Waals surface area contributed by atoms with Gasteiger partial charge < -0.3 is 20.1 Å². The number of para-hydroxylation sites is 1. The quantitative estimate of drug-likeness (QED) is 0.580. The van der Waals surface area contributed by atoms with Crippen molar-refractivity contribution in [3.63, 3.8) is 0 Å². The molecule has 0 aliphatic carbocycles. The van der Waals surface area contributed by atoms with Gasteiger partial charge in [0, 0.05) is 9.50 Å². The predicted octanol–water partition coefficient (Wildman–Crippen LogP) is 3.09. The predicted molar refractivity (Wildman–Crippen MR) is 108 cm³/mol. The monoisotopic (exact) mass is 468 g/mol. The first kappa shape index (κ1) is 21.7. The minimum atomic E-state index is -0.708. The fourth-order valence-electron chi connectivity index (χ4n) is 2.02. The highest BCUT2D eigenvalue weighted by atomic mass is 79.9. The number of hydrogen-bond acceptors (Lipinski definition) is 5. The lowest BCUT2D eigenvalue weighted by Gasteiger charge is -2.09. The Labute approximate surface area is 175 Å². The molecule has 0 aliphatic heterocycles. The van der Waals surface area contributed by atoms with Gasteiger partial charge in [-0.2, -0.15) is 0 Å². The van der Waals surface area contributed by atoms with Gasteiger partial charge in [-0.1, -0.05) is 23.7 Å². The highest BCUT2D eigenvalue weighted by Crippen LogP contribution is 2.21. The van der Waals surface area contributed by atoms with Crippen LogP contribution >= 0.6 is 27.5 Å². The normalized spacial score (nSPS) is 10.1. The molecule has 7 nitrogen and oxygen atoms in total. The SMILES string of the molecule is Cc1cc(OCC(=O)OCC(=O)NCC(=O)Nc2ccccc2Br)ccc1Cl. The van der Waals surface area contributed by atoms with Crippen LogP contribution in [-0.4, -0.2) is 37.5 Å². The number of benzene rings is 2. The van der Waals surface area contributed by atoms with Gasteiger partial charge in [0.15, 0.2) is 13.2 Å². The number of halogens is 2. The van der Waals surface area contributed by atoms with Crippen LogP contribution in [0.2, 0.25) is 5.02 Å². The van der Waals surface area contributed by atoms with Crippen LogP contribution < -0.4 is 15.4 Å². The van der Waals surface area contributed by atoms with Gasteiger partial charge >= 0.3 is 5.97 Å². The average molecular weight is 470 g/mol. The van der Waals surface area contributed by atoms with Gasteiger partial charge in [0.1, 0.15) is 5.75 Å². The molecule has 2 amide bonds. The van der Waals surface area contributed by atoms with E-state index >= 15 is 0 Å². The summed E-state index contributed by atoms with van der Waals surface area (Å²) in [7, 11) is 0. The van der Waals surface area contributed by atoms with Crippen molar-refractivity contribution >= 4 is 51.0 Å². The van der Waals surface area contributed by atoms with Crippen molar-refractivity contribution < 1.29 is 23.9 Å². The van der Waals surface area contributed by atoms with E-state index in [1.54, 1.807) is 36.4 Å². The summed E-state index contributed by atoms with van der Waals surface area (Å²) >= 11 is 9.22. The van der Waals surface area contributed by atoms with Gasteiger partial charge in [0.05, 0.1) is 12.2 Å². The summed E-state index contributed by atoms with van der Waals surface area (Å²) in [5.74, 6) is -1.25. The Bertz CT molecular complexity index is 875. The molecule has 2 N–H and O–H groups in total. The van der Waals surface area contributed by atoms with E-state index in [0.717, 1.165) is 10.0 Å². The first-order valence-electron chi connectivity index (χ1n) is 8.21. The van der Waals surface area contributed by atoms with Crippen LogP contribution in [0.3, 0.4) is 0 Å². The number of esters is 1. The van der Waals surface area contributed by atoms with Gasteiger partial charge in [-0.3, -0.25) is 9.59 Å². The van der Waals surface area contributed by atoms with E-state index in [4.69, 9.17) is 21.1 Å². The van der Waals surface area contributed by atoms with E-state index < -0.39 is 24.4 Å². The number of hydrogen-bond donors (Lipinski definition) is 2. The zero-order chi connectivity index (χ0) is 20.5. The number of aryl methyl sites for hydroxylation is 1. The number of nitrogens with one attached hydrogen (secondary N) is 2. The van der Waals surface area contributed by atoms with Crippen LogP contribution in [0.1, 0.15) is 5.56 Å². The lowest BCUT2D eigenvalue weighted by molar-refractivity contribution is -0.150. The number of amides is 2. The Morgan fingerprint density at radius 2 is 1.82 bits per heavy atom. The molecule has 0 aromatic heterocycles. The summed E-state index contributed by atoms with van der Waals surface area (Å²) in [4.78, 5) is 35.2. The van der Waals surface area contributed by atoms with Crippen LogP contribution in [0.5, 0.6) is 5.75 Å². The Morgan fingerprint density at radius 3 is 2.54 bits per heavy atom. The highest BCUT2D eigenvalue weighted by Gasteiger charge is 2.11. The van der Waals surface area contributed by atoms with E-state index in [-0.39, 0.29) is 13.2 Å². The largest absolute Gasteiger partial charge is 0.482 e. The zero-order valence-electron chi connectivity index (χ0n) is 15.0. The van der Waals surface area contributed by atoms with Crippen LogP contribution in [0.4, 0.5) is 5.69 Å². The molecule has 0 spiro atoms. The zero-order valence-corrected chi connectivity index (χ0v) is 17.3. The first-order chi connectivity index (χ1) is 13.3. The summed E-state index contributed by atoms with van der Waals surface area (Å²) in [6, 6.07) is 12.0. The van der Waals surface area contributed by atoms with Crippen LogP contribution in [-0.2, 0) is 19.1 Å². The average Bonchev–Trinajstić information content (AvgIpc) is 2.67. The van der Waals surface area contributed by atoms with Crippen molar-refractivity contribution in [1.29, 1.82) is 0 Å². The Hall–Kier alpha value is -2.58. The summed E-state index contributed by atoms with van der Waals surface area (Å²) in [6.45, 7) is 0.698. The van der Waals surface area contributed by atoms with Crippen LogP contribution in [0.15, 0.2) is 46.9 Å². The fraction of sp³-hybridized carbons (Fsp3) is 0.211. The molecule has 0 atom stereocenters. The second kappa shape index (κ2) is 10.7.